The zero-order valence-electron chi connectivity index (χ0n) is 26.8. The molecule has 0 fully saturated rings. The summed E-state index contributed by atoms with van der Waals surface area (Å²) in [6.07, 6.45) is 3.85. The van der Waals surface area contributed by atoms with Crippen LogP contribution < -0.4 is 16.0 Å². The number of carbonyl (C=O) groups excluding carboxylic acids is 3. The molecule has 1 aliphatic rings. The third-order valence-electron chi connectivity index (χ3n) is 7.90. The Labute approximate surface area is 264 Å². The van der Waals surface area contributed by atoms with E-state index < -0.39 is 12.1 Å². The lowest BCUT2D eigenvalue weighted by Gasteiger charge is -2.26. The van der Waals surface area contributed by atoms with Crippen molar-refractivity contribution in [3.63, 3.8) is 0 Å². The van der Waals surface area contributed by atoms with Crippen molar-refractivity contribution >= 4 is 17.7 Å². The SMILES string of the molecule is Cc1nc2n(n1)CC(=O)NCCCN(Cc1cn(CCO)nc1C)CCCC(=O)N[C@H](Cc1ccccc1)C(=O)N[C@H]2C(C)C. The fraction of sp³-hybridized carbons (Fsp3) is 0.562. The molecule has 3 heterocycles. The van der Waals surface area contributed by atoms with Crippen molar-refractivity contribution in [2.45, 2.75) is 85.1 Å². The number of nitrogens with zero attached hydrogens (tertiary/aromatic N) is 6. The molecule has 45 heavy (non-hydrogen) atoms. The highest BCUT2D eigenvalue weighted by molar-refractivity contribution is 5.88. The van der Waals surface area contributed by atoms with Crippen LogP contribution in [0.5, 0.6) is 0 Å². The van der Waals surface area contributed by atoms with Crippen LogP contribution in [0.1, 0.15) is 67.6 Å². The Balaban J connectivity index is 1.57. The molecule has 2 atom stereocenters. The highest BCUT2D eigenvalue weighted by atomic mass is 16.3. The van der Waals surface area contributed by atoms with Crippen molar-refractivity contribution in [3.8, 4) is 0 Å². The number of rotatable bonds is 7. The second-order valence-electron chi connectivity index (χ2n) is 12.0. The molecule has 0 saturated carbocycles. The molecule has 2 aromatic heterocycles. The maximum Gasteiger partial charge on any atom is 0.243 e. The van der Waals surface area contributed by atoms with Gasteiger partial charge in [0.1, 0.15) is 18.4 Å². The molecule has 0 radical (unpaired) electrons. The van der Waals surface area contributed by atoms with Gasteiger partial charge in [-0.3, -0.25) is 24.0 Å². The van der Waals surface area contributed by atoms with E-state index in [1.54, 1.807) is 16.3 Å². The Hall–Kier alpha value is -4.10. The van der Waals surface area contributed by atoms with Crippen LogP contribution in [0.15, 0.2) is 36.5 Å². The number of aliphatic hydroxyl groups excluding tert-OH is 1. The predicted molar refractivity (Wildman–Crippen MR) is 169 cm³/mol. The van der Waals surface area contributed by atoms with Gasteiger partial charge >= 0.3 is 0 Å². The standard InChI is InChI=1S/C32H47N9O4/c1-22(2)30-31-34-24(4)38-41(31)21-29(44)33-13-9-15-39(19-26-20-40(16-17-42)37-23(26)3)14-8-12-28(43)35-27(32(45)36-30)18-25-10-6-5-7-11-25/h5-7,10-11,20,22,27,30,42H,8-9,12-19,21H2,1-4H3,(H,33,44)(H,35,43)(H,36,45)/t27-,30+/m1/s1. The number of benzene rings is 1. The monoisotopic (exact) mass is 621 g/mol. The summed E-state index contributed by atoms with van der Waals surface area (Å²) >= 11 is 0. The molecule has 0 spiro atoms. The largest absolute Gasteiger partial charge is 0.394 e. The molecule has 4 N–H and O–H groups in total. The van der Waals surface area contributed by atoms with Crippen molar-refractivity contribution in [2.24, 2.45) is 5.92 Å². The molecule has 13 nitrogen and oxygen atoms in total. The van der Waals surface area contributed by atoms with E-state index in [4.69, 9.17) is 0 Å². The van der Waals surface area contributed by atoms with Crippen LogP contribution in [-0.4, -0.2) is 84.6 Å². The van der Waals surface area contributed by atoms with Gasteiger partial charge in [0.05, 0.1) is 24.9 Å². The minimum atomic E-state index is -0.795. The Morgan fingerprint density at radius 2 is 1.76 bits per heavy atom. The summed E-state index contributed by atoms with van der Waals surface area (Å²) in [4.78, 5) is 46.9. The topological polar surface area (TPSA) is 159 Å². The fourth-order valence-electron chi connectivity index (χ4n) is 5.55. The van der Waals surface area contributed by atoms with Gasteiger partial charge in [-0.1, -0.05) is 44.2 Å². The summed E-state index contributed by atoms with van der Waals surface area (Å²) in [6, 6.07) is 8.30. The normalized spacial score (nSPS) is 19.7. The van der Waals surface area contributed by atoms with Crippen molar-refractivity contribution in [2.75, 3.05) is 26.2 Å². The molecule has 3 amide bonds. The van der Waals surface area contributed by atoms with Crippen LogP contribution in [-0.2, 0) is 40.4 Å². The van der Waals surface area contributed by atoms with Gasteiger partial charge in [-0.15, -0.1) is 0 Å². The van der Waals surface area contributed by atoms with Crippen LogP contribution in [0.2, 0.25) is 0 Å². The molecular formula is C32H47N9O4. The van der Waals surface area contributed by atoms with Gasteiger partial charge in [0, 0.05) is 44.2 Å². The zero-order chi connectivity index (χ0) is 32.3. The maximum atomic E-state index is 13.8. The molecule has 0 saturated heterocycles. The van der Waals surface area contributed by atoms with Crippen LogP contribution in [0.4, 0.5) is 0 Å². The van der Waals surface area contributed by atoms with Gasteiger partial charge in [0.2, 0.25) is 17.7 Å². The second-order valence-corrected chi connectivity index (χ2v) is 12.0. The molecule has 1 aromatic carbocycles. The summed E-state index contributed by atoms with van der Waals surface area (Å²) in [7, 11) is 0. The summed E-state index contributed by atoms with van der Waals surface area (Å²) in [5, 5.41) is 27.4. The van der Waals surface area contributed by atoms with Crippen LogP contribution in [0, 0.1) is 19.8 Å². The Kier molecular flexibility index (Phi) is 12.2. The Morgan fingerprint density at radius 3 is 2.49 bits per heavy atom. The molecule has 13 heteroatoms. The number of aliphatic hydroxyl groups is 1. The number of hydrogen-bond acceptors (Lipinski definition) is 8. The Morgan fingerprint density at radius 1 is 1.00 bits per heavy atom. The third-order valence-corrected chi connectivity index (χ3v) is 7.90. The maximum absolute atomic E-state index is 13.8. The van der Waals surface area contributed by atoms with E-state index in [2.05, 4.69) is 36.0 Å². The van der Waals surface area contributed by atoms with Gasteiger partial charge in [0.25, 0.3) is 0 Å². The fourth-order valence-corrected chi connectivity index (χ4v) is 5.55. The summed E-state index contributed by atoms with van der Waals surface area (Å²) in [5.74, 6) is 0.264. The minimum absolute atomic E-state index is 0.0101. The first-order chi connectivity index (χ1) is 21.6. The zero-order valence-corrected chi connectivity index (χ0v) is 26.8. The Bertz CT molecular complexity index is 1420. The molecule has 0 bridgehead atoms. The van der Waals surface area contributed by atoms with Crippen molar-refractivity contribution in [1.82, 2.24) is 45.4 Å². The van der Waals surface area contributed by atoms with E-state index in [-0.39, 0.29) is 43.2 Å². The van der Waals surface area contributed by atoms with Crippen molar-refractivity contribution < 1.29 is 19.5 Å². The number of amides is 3. The average Bonchev–Trinajstić information content (AvgIpc) is 3.53. The van der Waals surface area contributed by atoms with E-state index >= 15 is 0 Å². The summed E-state index contributed by atoms with van der Waals surface area (Å²) in [5.41, 5.74) is 2.87. The highest BCUT2D eigenvalue weighted by Crippen LogP contribution is 2.21. The first-order valence-corrected chi connectivity index (χ1v) is 15.8. The molecule has 3 aromatic rings. The predicted octanol–water partition coefficient (Wildman–Crippen LogP) is 1.43. The van der Waals surface area contributed by atoms with Crippen LogP contribution in [0.25, 0.3) is 0 Å². The quantitative estimate of drug-likeness (QED) is 0.308. The smallest absolute Gasteiger partial charge is 0.243 e. The van der Waals surface area contributed by atoms with Gasteiger partial charge in [0.15, 0.2) is 5.82 Å². The molecule has 0 aliphatic carbocycles. The van der Waals surface area contributed by atoms with Crippen LogP contribution in [0.3, 0.4) is 0 Å². The molecular weight excluding hydrogens is 574 g/mol. The third kappa shape index (κ3) is 9.95. The summed E-state index contributed by atoms with van der Waals surface area (Å²) in [6.45, 7) is 10.5. The van der Waals surface area contributed by atoms with Crippen molar-refractivity contribution in [1.29, 1.82) is 0 Å². The van der Waals surface area contributed by atoms with Gasteiger partial charge in [-0.2, -0.15) is 10.2 Å². The highest BCUT2D eigenvalue weighted by Gasteiger charge is 2.29. The first kappa shape index (κ1) is 33.8. The number of aryl methyl sites for hydroxylation is 2. The van der Waals surface area contributed by atoms with Crippen molar-refractivity contribution in [3.05, 3.63) is 65.0 Å². The van der Waals surface area contributed by atoms with E-state index in [1.165, 1.54) is 0 Å². The minimum Gasteiger partial charge on any atom is -0.394 e. The van der Waals surface area contributed by atoms with E-state index in [9.17, 15) is 19.5 Å². The van der Waals surface area contributed by atoms with E-state index in [1.807, 2.05) is 57.3 Å². The van der Waals surface area contributed by atoms with Crippen LogP contribution >= 0.6 is 0 Å². The van der Waals surface area contributed by atoms with Gasteiger partial charge in [-0.25, -0.2) is 9.67 Å². The van der Waals surface area contributed by atoms with E-state index in [0.717, 1.165) is 23.2 Å². The average molecular weight is 622 g/mol. The number of fused-ring (bicyclic) bond motifs is 1. The molecule has 244 valence electrons. The number of nitrogens with one attached hydrogen (secondary N) is 3. The molecule has 0 unspecified atom stereocenters. The lowest BCUT2D eigenvalue weighted by Crippen LogP contribution is -2.50. The number of aromatic nitrogens is 5. The lowest BCUT2D eigenvalue weighted by molar-refractivity contribution is -0.129. The van der Waals surface area contributed by atoms with E-state index in [0.29, 0.717) is 57.2 Å². The van der Waals surface area contributed by atoms with Gasteiger partial charge in [-0.05, 0) is 44.7 Å². The molecule has 1 aliphatic heterocycles. The lowest BCUT2D eigenvalue weighted by atomic mass is 10.0. The number of hydrogen-bond donors (Lipinski definition) is 4. The number of carbonyl (C=O) groups is 3. The first-order valence-electron chi connectivity index (χ1n) is 15.8. The van der Waals surface area contributed by atoms with Gasteiger partial charge < -0.3 is 21.1 Å². The summed E-state index contributed by atoms with van der Waals surface area (Å²) < 4.78 is 3.30. The second kappa shape index (κ2) is 16.3. The molecule has 4 rings (SSSR count).